The molecule has 0 radical (unpaired) electrons. The number of nitrogens with zero attached hydrogens (tertiary/aromatic N) is 1. The fourth-order valence-electron chi connectivity index (χ4n) is 2.18. The maximum absolute atomic E-state index is 11.9. The Kier molecular flexibility index (Phi) is 6.75. The minimum absolute atomic E-state index is 0.0540. The number of carbonyl (C=O) groups excluding carboxylic acids is 1. The van der Waals surface area contributed by atoms with Gasteiger partial charge in [0.2, 0.25) is 0 Å². The van der Waals surface area contributed by atoms with Gasteiger partial charge in [-0.25, -0.2) is 4.98 Å². The van der Waals surface area contributed by atoms with Crippen molar-refractivity contribution in [2.75, 3.05) is 13.2 Å². The van der Waals surface area contributed by atoms with Crippen LogP contribution < -0.4 is 10.1 Å². The summed E-state index contributed by atoms with van der Waals surface area (Å²) in [4.78, 5) is 17.6. The highest BCUT2D eigenvalue weighted by Crippen LogP contribution is 2.17. The zero-order valence-electron chi connectivity index (χ0n) is 14.3. The SMILES string of the molecule is Cc1ccccc1OC[C@H](O)C(=O)NCCCc1nc(C)c(C)s1. The summed E-state index contributed by atoms with van der Waals surface area (Å²) >= 11 is 1.69. The first-order chi connectivity index (χ1) is 11.5. The molecule has 0 unspecified atom stereocenters. The van der Waals surface area contributed by atoms with Crippen LogP contribution >= 0.6 is 11.3 Å². The van der Waals surface area contributed by atoms with Crippen molar-refractivity contribution in [2.45, 2.75) is 39.7 Å². The van der Waals surface area contributed by atoms with Crippen LogP contribution in [0.1, 0.15) is 27.6 Å². The first-order valence-electron chi connectivity index (χ1n) is 8.04. The lowest BCUT2D eigenvalue weighted by atomic mass is 10.2. The maximum atomic E-state index is 11.9. The average Bonchev–Trinajstić information content (AvgIpc) is 2.88. The molecule has 6 heteroatoms. The number of hydrogen-bond donors (Lipinski definition) is 2. The van der Waals surface area contributed by atoms with Crippen LogP contribution in [0.15, 0.2) is 24.3 Å². The predicted molar refractivity (Wildman–Crippen MR) is 95.6 cm³/mol. The zero-order chi connectivity index (χ0) is 17.5. The molecule has 0 aliphatic carbocycles. The molecule has 1 amide bonds. The van der Waals surface area contributed by atoms with Crippen molar-refractivity contribution >= 4 is 17.2 Å². The van der Waals surface area contributed by atoms with E-state index >= 15 is 0 Å². The van der Waals surface area contributed by atoms with Crippen molar-refractivity contribution in [2.24, 2.45) is 0 Å². The fourth-order valence-corrected chi connectivity index (χ4v) is 3.15. The summed E-state index contributed by atoms with van der Waals surface area (Å²) in [5.41, 5.74) is 2.04. The Hall–Kier alpha value is -1.92. The number of hydrogen-bond acceptors (Lipinski definition) is 5. The van der Waals surface area contributed by atoms with E-state index in [1.54, 1.807) is 11.3 Å². The number of aryl methyl sites for hydroxylation is 4. The second kappa shape index (κ2) is 8.80. The molecule has 130 valence electrons. The van der Waals surface area contributed by atoms with Crippen molar-refractivity contribution in [1.29, 1.82) is 0 Å². The lowest BCUT2D eigenvalue weighted by molar-refractivity contribution is -0.130. The fraction of sp³-hybridized carbons (Fsp3) is 0.444. The van der Waals surface area contributed by atoms with E-state index in [2.05, 4.69) is 17.2 Å². The Morgan fingerprint density at radius 3 is 2.75 bits per heavy atom. The van der Waals surface area contributed by atoms with Crippen LogP contribution in [0, 0.1) is 20.8 Å². The Bertz CT molecular complexity index is 665. The molecule has 2 aromatic rings. The molecule has 2 N–H and O–H groups in total. The van der Waals surface area contributed by atoms with E-state index in [1.165, 1.54) is 4.88 Å². The minimum atomic E-state index is -1.17. The van der Waals surface area contributed by atoms with E-state index in [0.29, 0.717) is 12.3 Å². The molecule has 1 atom stereocenters. The molecule has 5 nitrogen and oxygen atoms in total. The van der Waals surface area contributed by atoms with Crippen LogP contribution in [0.4, 0.5) is 0 Å². The predicted octanol–water partition coefficient (Wildman–Crippen LogP) is 2.56. The number of aromatic nitrogens is 1. The summed E-state index contributed by atoms with van der Waals surface area (Å²) in [5, 5.41) is 13.7. The molecule has 0 aliphatic heterocycles. The molecular weight excluding hydrogens is 324 g/mol. The second-order valence-corrected chi connectivity index (χ2v) is 7.02. The van der Waals surface area contributed by atoms with Crippen LogP contribution in [0.3, 0.4) is 0 Å². The standard InChI is InChI=1S/C18H24N2O3S/c1-12-7-4-5-8-16(12)23-11-15(21)18(22)19-10-6-9-17-20-13(2)14(3)24-17/h4-5,7-8,15,21H,6,9-11H2,1-3H3,(H,19,22)/t15-/m0/s1. The summed E-state index contributed by atoms with van der Waals surface area (Å²) in [6, 6.07) is 7.51. The topological polar surface area (TPSA) is 71.5 Å². The Labute approximate surface area is 146 Å². The minimum Gasteiger partial charge on any atom is -0.490 e. The number of aliphatic hydroxyl groups excluding tert-OH is 1. The third-order valence-electron chi connectivity index (χ3n) is 3.73. The largest absolute Gasteiger partial charge is 0.490 e. The molecule has 0 aliphatic rings. The van der Waals surface area contributed by atoms with E-state index in [4.69, 9.17) is 4.74 Å². The lowest BCUT2D eigenvalue weighted by Crippen LogP contribution is -2.38. The van der Waals surface area contributed by atoms with E-state index < -0.39 is 12.0 Å². The van der Waals surface area contributed by atoms with Crippen molar-refractivity contribution < 1.29 is 14.6 Å². The van der Waals surface area contributed by atoms with Crippen molar-refractivity contribution in [3.8, 4) is 5.75 Å². The molecule has 1 aromatic carbocycles. The van der Waals surface area contributed by atoms with E-state index in [0.717, 1.165) is 29.1 Å². The van der Waals surface area contributed by atoms with Crippen LogP contribution in [-0.2, 0) is 11.2 Å². The van der Waals surface area contributed by atoms with Crippen LogP contribution in [0.5, 0.6) is 5.75 Å². The molecule has 24 heavy (non-hydrogen) atoms. The normalized spacial score (nSPS) is 12.0. The third-order valence-corrected chi connectivity index (χ3v) is 4.87. The van der Waals surface area contributed by atoms with Gasteiger partial charge in [-0.05, 0) is 38.8 Å². The van der Waals surface area contributed by atoms with Gasteiger partial charge in [-0.2, -0.15) is 0 Å². The molecule has 0 saturated carbocycles. The summed E-state index contributed by atoms with van der Waals surface area (Å²) in [5.74, 6) is 0.272. The molecular formula is C18H24N2O3S. The van der Waals surface area contributed by atoms with Gasteiger partial charge in [0.15, 0.2) is 6.10 Å². The number of nitrogens with one attached hydrogen (secondary N) is 1. The molecule has 2 rings (SSSR count). The molecule has 1 heterocycles. The van der Waals surface area contributed by atoms with Crippen LogP contribution in [0.2, 0.25) is 0 Å². The van der Waals surface area contributed by atoms with Gasteiger partial charge in [0.25, 0.3) is 5.91 Å². The van der Waals surface area contributed by atoms with Gasteiger partial charge in [0.05, 0.1) is 10.7 Å². The van der Waals surface area contributed by atoms with Crippen LogP contribution in [-0.4, -0.2) is 35.3 Å². The van der Waals surface area contributed by atoms with Gasteiger partial charge in [0, 0.05) is 17.8 Å². The van der Waals surface area contributed by atoms with Gasteiger partial charge >= 0.3 is 0 Å². The summed E-state index contributed by atoms with van der Waals surface area (Å²) < 4.78 is 5.49. The first-order valence-corrected chi connectivity index (χ1v) is 8.86. The van der Waals surface area contributed by atoms with E-state index in [9.17, 15) is 9.90 Å². The Balaban J connectivity index is 1.67. The molecule has 0 saturated heterocycles. The smallest absolute Gasteiger partial charge is 0.252 e. The number of thiazole rings is 1. The first kappa shape index (κ1) is 18.4. The quantitative estimate of drug-likeness (QED) is 0.719. The monoisotopic (exact) mass is 348 g/mol. The molecule has 0 fully saturated rings. The summed E-state index contributed by atoms with van der Waals surface area (Å²) in [6.45, 7) is 6.44. The van der Waals surface area contributed by atoms with E-state index in [-0.39, 0.29) is 6.61 Å². The number of rotatable bonds is 8. The number of carbonyl (C=O) groups is 1. The maximum Gasteiger partial charge on any atom is 0.252 e. The van der Waals surface area contributed by atoms with Gasteiger partial charge in [0.1, 0.15) is 12.4 Å². The van der Waals surface area contributed by atoms with Gasteiger partial charge in [-0.1, -0.05) is 18.2 Å². The highest BCUT2D eigenvalue weighted by atomic mass is 32.1. The number of para-hydroxylation sites is 1. The highest BCUT2D eigenvalue weighted by Gasteiger charge is 2.15. The highest BCUT2D eigenvalue weighted by molar-refractivity contribution is 7.11. The van der Waals surface area contributed by atoms with Crippen molar-refractivity contribution in [3.63, 3.8) is 0 Å². The number of ether oxygens (including phenoxy) is 1. The molecule has 1 aromatic heterocycles. The summed E-state index contributed by atoms with van der Waals surface area (Å²) in [6.07, 6.45) is 0.452. The Morgan fingerprint density at radius 1 is 1.33 bits per heavy atom. The molecule has 0 spiro atoms. The van der Waals surface area contributed by atoms with E-state index in [1.807, 2.05) is 38.1 Å². The number of amides is 1. The van der Waals surface area contributed by atoms with Gasteiger partial charge < -0.3 is 15.2 Å². The Morgan fingerprint density at radius 2 is 2.08 bits per heavy atom. The third kappa shape index (κ3) is 5.32. The van der Waals surface area contributed by atoms with Crippen LogP contribution in [0.25, 0.3) is 0 Å². The second-order valence-electron chi connectivity index (χ2n) is 5.74. The number of aliphatic hydroxyl groups is 1. The van der Waals surface area contributed by atoms with Gasteiger partial charge in [-0.15, -0.1) is 11.3 Å². The molecule has 0 bridgehead atoms. The summed E-state index contributed by atoms with van der Waals surface area (Å²) in [7, 11) is 0. The van der Waals surface area contributed by atoms with Crippen molar-refractivity contribution in [3.05, 3.63) is 45.4 Å². The lowest BCUT2D eigenvalue weighted by Gasteiger charge is -2.13. The van der Waals surface area contributed by atoms with Crippen molar-refractivity contribution in [1.82, 2.24) is 10.3 Å². The average molecular weight is 348 g/mol. The zero-order valence-corrected chi connectivity index (χ0v) is 15.2. The van der Waals surface area contributed by atoms with Gasteiger partial charge in [-0.3, -0.25) is 4.79 Å². The number of benzene rings is 1.